The number of carbonyl (C=O) groups is 2. The van der Waals surface area contributed by atoms with Crippen LogP contribution in [0.25, 0.3) is 21.5 Å². The van der Waals surface area contributed by atoms with Crippen molar-refractivity contribution in [3.63, 3.8) is 0 Å². The van der Waals surface area contributed by atoms with Gasteiger partial charge in [-0.2, -0.15) is 5.10 Å². The number of nitrogens with zero attached hydrogens (tertiary/aromatic N) is 1. The highest BCUT2D eigenvalue weighted by molar-refractivity contribution is 6.37. The Morgan fingerprint density at radius 1 is 0.694 bits per heavy atom. The van der Waals surface area contributed by atoms with Crippen LogP contribution in [-0.4, -0.2) is 18.0 Å². The molecule has 2 N–H and O–H groups in total. The second-order valence-corrected chi connectivity index (χ2v) is 8.90. The van der Waals surface area contributed by atoms with Gasteiger partial charge in [0.1, 0.15) is 0 Å². The molecule has 0 radical (unpaired) electrons. The van der Waals surface area contributed by atoms with E-state index in [0.29, 0.717) is 10.7 Å². The molecule has 5 aromatic rings. The number of rotatable bonds is 5. The fraction of sp³-hybridized carbons (Fsp3) is 0. The second kappa shape index (κ2) is 10.2. The lowest BCUT2D eigenvalue weighted by Gasteiger charge is -2.11. The van der Waals surface area contributed by atoms with Crippen LogP contribution in [0.5, 0.6) is 0 Å². The van der Waals surface area contributed by atoms with E-state index in [1.165, 1.54) is 12.1 Å². The van der Waals surface area contributed by atoms with Gasteiger partial charge in [-0.1, -0.05) is 83.9 Å². The summed E-state index contributed by atoms with van der Waals surface area (Å²) >= 11 is 12.1. The summed E-state index contributed by atoms with van der Waals surface area (Å²) in [6, 6.07) is 29.5. The van der Waals surface area contributed by atoms with Gasteiger partial charge in [0.25, 0.3) is 11.8 Å². The Morgan fingerprint density at radius 3 is 2.03 bits per heavy atom. The van der Waals surface area contributed by atoms with Gasteiger partial charge in [-0.05, 0) is 57.9 Å². The number of hydrazone groups is 1. The minimum atomic E-state index is -0.464. The smallest absolute Gasteiger partial charge is 0.273 e. The van der Waals surface area contributed by atoms with Gasteiger partial charge in [0, 0.05) is 10.6 Å². The number of amides is 2. The molecule has 0 aliphatic carbocycles. The highest BCUT2D eigenvalue weighted by atomic mass is 35.5. The first-order valence-electron chi connectivity index (χ1n) is 11.1. The summed E-state index contributed by atoms with van der Waals surface area (Å²) in [6.07, 6.45) is 1.65. The first-order valence-corrected chi connectivity index (χ1v) is 11.9. The Morgan fingerprint density at radius 2 is 1.33 bits per heavy atom. The Hall–Kier alpha value is -4.19. The Labute approximate surface area is 217 Å². The zero-order valence-corrected chi connectivity index (χ0v) is 20.3. The molecule has 0 heterocycles. The lowest BCUT2D eigenvalue weighted by molar-refractivity contribution is 0.0956. The monoisotopic (exact) mass is 511 g/mol. The molecule has 0 spiro atoms. The van der Waals surface area contributed by atoms with Gasteiger partial charge in [-0.25, -0.2) is 5.43 Å². The van der Waals surface area contributed by atoms with Crippen LogP contribution in [0.1, 0.15) is 26.3 Å². The Bertz CT molecular complexity index is 1610. The van der Waals surface area contributed by atoms with E-state index in [4.69, 9.17) is 23.2 Å². The zero-order valence-electron chi connectivity index (χ0n) is 18.8. The van der Waals surface area contributed by atoms with E-state index in [1.807, 2.05) is 48.5 Å². The fourth-order valence-corrected chi connectivity index (χ4v) is 4.55. The van der Waals surface area contributed by atoms with Crippen molar-refractivity contribution in [1.29, 1.82) is 0 Å². The SMILES string of the molecule is O=C(Nc1ccccc1C(=O)N/N=C\c1c2ccccc2cc2ccccc12)c1ccc(Cl)cc1Cl. The number of halogens is 2. The number of para-hydroxylation sites is 1. The molecule has 0 aliphatic heterocycles. The van der Waals surface area contributed by atoms with E-state index in [-0.39, 0.29) is 16.1 Å². The second-order valence-electron chi connectivity index (χ2n) is 8.06. The lowest BCUT2D eigenvalue weighted by atomic mass is 9.97. The van der Waals surface area contributed by atoms with E-state index >= 15 is 0 Å². The van der Waals surface area contributed by atoms with Gasteiger partial charge >= 0.3 is 0 Å². The van der Waals surface area contributed by atoms with Gasteiger partial charge < -0.3 is 5.32 Å². The fourth-order valence-electron chi connectivity index (χ4n) is 4.06. The van der Waals surface area contributed by atoms with Crippen LogP contribution in [0, 0.1) is 0 Å². The predicted molar refractivity (Wildman–Crippen MR) is 147 cm³/mol. The molecule has 0 bridgehead atoms. The number of nitrogens with one attached hydrogen (secondary N) is 2. The molecule has 0 fully saturated rings. The third-order valence-electron chi connectivity index (χ3n) is 5.77. The van der Waals surface area contributed by atoms with Crippen LogP contribution in [0.15, 0.2) is 102 Å². The van der Waals surface area contributed by atoms with Crippen LogP contribution in [0.2, 0.25) is 10.0 Å². The number of carbonyl (C=O) groups excluding carboxylic acids is 2. The van der Waals surface area contributed by atoms with E-state index in [2.05, 4.69) is 21.9 Å². The quantitative estimate of drug-likeness (QED) is 0.147. The van der Waals surface area contributed by atoms with E-state index in [1.54, 1.807) is 36.5 Å². The van der Waals surface area contributed by atoms with Crippen molar-refractivity contribution in [1.82, 2.24) is 5.43 Å². The molecule has 36 heavy (non-hydrogen) atoms. The van der Waals surface area contributed by atoms with Crippen molar-refractivity contribution in [3.8, 4) is 0 Å². The molecule has 5 aromatic carbocycles. The van der Waals surface area contributed by atoms with Crippen molar-refractivity contribution >= 4 is 68.5 Å². The molecule has 5 rings (SSSR count). The standard InChI is InChI=1S/C29H19Cl2N3O2/c30-20-13-14-23(26(31)16-20)28(35)33-27-12-6-5-11-24(27)29(36)34-32-17-25-21-9-3-1-7-18(21)15-19-8-2-4-10-22(19)25/h1-17H,(H,33,35)(H,34,36)/b32-17-. The summed E-state index contributed by atoms with van der Waals surface area (Å²) in [6.45, 7) is 0. The normalized spacial score (nSPS) is 11.2. The van der Waals surface area contributed by atoms with E-state index < -0.39 is 11.8 Å². The number of fused-ring (bicyclic) bond motifs is 2. The average Bonchev–Trinajstić information content (AvgIpc) is 2.88. The molecule has 0 aliphatic rings. The maximum Gasteiger partial charge on any atom is 0.273 e. The summed E-state index contributed by atoms with van der Waals surface area (Å²) in [5.74, 6) is -0.920. The van der Waals surface area contributed by atoms with Crippen LogP contribution < -0.4 is 10.7 Å². The van der Waals surface area contributed by atoms with Crippen LogP contribution in [-0.2, 0) is 0 Å². The van der Waals surface area contributed by atoms with Gasteiger partial charge in [0.2, 0.25) is 0 Å². The van der Waals surface area contributed by atoms with Crippen molar-refractivity contribution in [2.24, 2.45) is 5.10 Å². The molecule has 5 nitrogen and oxygen atoms in total. The molecule has 176 valence electrons. The minimum absolute atomic E-state index is 0.217. The van der Waals surface area contributed by atoms with Gasteiger partial charge in [-0.15, -0.1) is 0 Å². The van der Waals surface area contributed by atoms with Crippen LogP contribution >= 0.6 is 23.2 Å². The number of hydrogen-bond acceptors (Lipinski definition) is 3. The van der Waals surface area contributed by atoms with Crippen molar-refractivity contribution in [2.45, 2.75) is 0 Å². The number of anilines is 1. The third kappa shape index (κ3) is 4.80. The van der Waals surface area contributed by atoms with E-state index in [0.717, 1.165) is 27.1 Å². The molecule has 2 amide bonds. The van der Waals surface area contributed by atoms with Crippen molar-refractivity contribution in [3.05, 3.63) is 124 Å². The highest BCUT2D eigenvalue weighted by Crippen LogP contribution is 2.27. The largest absolute Gasteiger partial charge is 0.321 e. The van der Waals surface area contributed by atoms with E-state index in [9.17, 15) is 9.59 Å². The van der Waals surface area contributed by atoms with Crippen molar-refractivity contribution < 1.29 is 9.59 Å². The Balaban J connectivity index is 1.40. The molecule has 0 unspecified atom stereocenters. The first kappa shape index (κ1) is 23.5. The summed E-state index contributed by atoms with van der Waals surface area (Å²) < 4.78 is 0. The molecule has 7 heteroatoms. The summed E-state index contributed by atoms with van der Waals surface area (Å²) in [5.41, 5.74) is 4.33. The molecule has 0 aromatic heterocycles. The van der Waals surface area contributed by atoms with Crippen molar-refractivity contribution in [2.75, 3.05) is 5.32 Å². The topological polar surface area (TPSA) is 70.6 Å². The zero-order chi connectivity index (χ0) is 25.1. The first-order chi connectivity index (χ1) is 17.5. The summed E-state index contributed by atoms with van der Waals surface area (Å²) in [7, 11) is 0. The summed E-state index contributed by atoms with van der Waals surface area (Å²) in [5, 5.41) is 11.9. The van der Waals surface area contributed by atoms with Crippen LogP contribution in [0.4, 0.5) is 5.69 Å². The number of benzene rings is 5. The Kier molecular flexibility index (Phi) is 6.67. The van der Waals surface area contributed by atoms with Gasteiger partial charge in [0.05, 0.1) is 28.1 Å². The lowest BCUT2D eigenvalue weighted by Crippen LogP contribution is -2.21. The molecule has 0 saturated carbocycles. The third-order valence-corrected chi connectivity index (χ3v) is 6.32. The molecule has 0 atom stereocenters. The van der Waals surface area contributed by atoms with Gasteiger partial charge in [-0.3, -0.25) is 9.59 Å². The highest BCUT2D eigenvalue weighted by Gasteiger charge is 2.16. The maximum absolute atomic E-state index is 13.0. The predicted octanol–water partition coefficient (Wildman–Crippen LogP) is 7.32. The van der Waals surface area contributed by atoms with Crippen LogP contribution in [0.3, 0.4) is 0 Å². The van der Waals surface area contributed by atoms with Gasteiger partial charge in [0.15, 0.2) is 0 Å². The molecular formula is C29H19Cl2N3O2. The molecular weight excluding hydrogens is 493 g/mol. The maximum atomic E-state index is 13.0. The molecule has 0 saturated heterocycles. The number of hydrogen-bond donors (Lipinski definition) is 2. The minimum Gasteiger partial charge on any atom is -0.321 e. The average molecular weight is 512 g/mol. The summed E-state index contributed by atoms with van der Waals surface area (Å²) in [4.78, 5) is 25.8.